The van der Waals surface area contributed by atoms with E-state index in [4.69, 9.17) is 19.7 Å². The first-order valence-electron chi connectivity index (χ1n) is 15.2. The topological polar surface area (TPSA) is 67.2 Å². The summed E-state index contributed by atoms with van der Waals surface area (Å²) in [5.41, 5.74) is 10.3. The Labute approximate surface area is 268 Å². The van der Waals surface area contributed by atoms with Gasteiger partial charge < -0.3 is 0 Å². The molecule has 46 heavy (non-hydrogen) atoms. The fourth-order valence-corrected chi connectivity index (χ4v) is 5.57. The molecule has 0 saturated heterocycles. The van der Waals surface area contributed by atoms with E-state index >= 15 is 0 Å². The first-order valence-corrected chi connectivity index (χ1v) is 15.2. The zero-order chi connectivity index (χ0) is 31.1. The molecule has 6 aromatic rings. The molecule has 6 heteroatoms. The highest BCUT2D eigenvalue weighted by molar-refractivity contribution is 6.00. The summed E-state index contributed by atoms with van der Waals surface area (Å²) in [6.07, 6.45) is 0. The van der Waals surface area contributed by atoms with E-state index in [0.717, 1.165) is 45.1 Å². The van der Waals surface area contributed by atoms with Gasteiger partial charge in [0.25, 0.3) is 0 Å². The zero-order valence-corrected chi connectivity index (χ0v) is 25.0. The lowest BCUT2D eigenvalue weighted by atomic mass is 9.95. The van der Waals surface area contributed by atoms with Crippen LogP contribution in [0.5, 0.6) is 0 Å². The maximum Gasteiger partial charge on any atom is 0.238 e. The number of hydrogen-bond acceptors (Lipinski definition) is 6. The molecule has 0 amide bonds. The molecule has 0 saturated carbocycles. The summed E-state index contributed by atoms with van der Waals surface area (Å²) in [7, 11) is 0. The lowest BCUT2D eigenvalue weighted by Gasteiger charge is -2.24. The van der Waals surface area contributed by atoms with Crippen LogP contribution in [0.3, 0.4) is 0 Å². The van der Waals surface area contributed by atoms with Gasteiger partial charge in [0.15, 0.2) is 11.7 Å². The van der Waals surface area contributed by atoms with Crippen LogP contribution in [0.1, 0.15) is 33.4 Å². The van der Waals surface area contributed by atoms with Crippen LogP contribution in [-0.4, -0.2) is 11.7 Å². The highest BCUT2D eigenvalue weighted by Crippen LogP contribution is 2.39. The third-order valence-electron chi connectivity index (χ3n) is 7.88. The molecule has 0 unspecified atom stereocenters. The summed E-state index contributed by atoms with van der Waals surface area (Å²) in [5.74, 6) is 1.47. The van der Waals surface area contributed by atoms with Crippen LogP contribution in [-0.2, 0) is 21.1 Å². The fourth-order valence-electron chi connectivity index (χ4n) is 5.57. The second-order valence-corrected chi connectivity index (χ2v) is 10.8. The Kier molecular flexibility index (Phi) is 8.20. The van der Waals surface area contributed by atoms with Gasteiger partial charge in [0.2, 0.25) is 11.4 Å². The van der Waals surface area contributed by atoms with E-state index in [0.29, 0.717) is 0 Å². The van der Waals surface area contributed by atoms with Crippen LogP contribution < -0.4 is 11.0 Å². The van der Waals surface area contributed by atoms with Gasteiger partial charge in [-0.25, -0.2) is 30.6 Å². The Balaban J connectivity index is 0.000000147. The summed E-state index contributed by atoms with van der Waals surface area (Å²) < 4.78 is 0. The molecule has 224 valence electrons. The molecule has 0 bridgehead atoms. The van der Waals surface area contributed by atoms with Crippen molar-refractivity contribution in [2.75, 3.05) is 0 Å². The molecule has 0 radical (unpaired) electrons. The Morgan fingerprint density at radius 1 is 0.326 bits per heavy atom. The number of nitrogens with one attached hydrogen (secondary N) is 2. The van der Waals surface area contributed by atoms with Crippen LogP contribution in [0, 0.1) is 0 Å². The minimum Gasteiger partial charge on any atom is -0.245 e. The molecule has 2 heterocycles. The van der Waals surface area contributed by atoms with Crippen molar-refractivity contribution >= 4 is 11.7 Å². The monoisotopic (exact) mass is 600 g/mol. The highest BCUT2D eigenvalue weighted by atomic mass is 16.7. The average Bonchev–Trinajstić information content (AvgIpc) is 3.82. The average molecular weight is 601 g/mol. The standard InChI is InChI=1S/2C20H16N2O/c2*1-4-10-16(11-5-1)19-21-20(23-22-19,17-12-6-2-7-13-17)18-14-8-3-9-15-18/h2*1-15H,(H,21,22). The van der Waals surface area contributed by atoms with Crippen LogP contribution in [0.25, 0.3) is 0 Å². The number of hydroxylamine groups is 2. The quantitative estimate of drug-likeness (QED) is 0.205. The molecule has 0 aliphatic carbocycles. The molecular weight excluding hydrogens is 568 g/mol. The van der Waals surface area contributed by atoms with Crippen molar-refractivity contribution in [2.45, 2.75) is 11.4 Å². The van der Waals surface area contributed by atoms with Gasteiger partial charge in [-0.3, -0.25) is 0 Å². The van der Waals surface area contributed by atoms with E-state index in [9.17, 15) is 0 Å². The molecule has 0 atom stereocenters. The van der Waals surface area contributed by atoms with Crippen LogP contribution in [0.2, 0.25) is 0 Å². The molecule has 0 fully saturated rings. The minimum absolute atomic E-state index is 0.735. The van der Waals surface area contributed by atoms with E-state index in [2.05, 4.69) is 11.0 Å². The number of aliphatic imine (C=N–C) groups is 2. The summed E-state index contributed by atoms with van der Waals surface area (Å²) >= 11 is 0. The van der Waals surface area contributed by atoms with Crippen molar-refractivity contribution < 1.29 is 9.68 Å². The van der Waals surface area contributed by atoms with Crippen molar-refractivity contribution in [2.24, 2.45) is 9.98 Å². The maximum absolute atomic E-state index is 6.03. The van der Waals surface area contributed by atoms with Gasteiger partial charge in [-0.15, -0.1) is 0 Å². The van der Waals surface area contributed by atoms with Crippen molar-refractivity contribution in [1.29, 1.82) is 0 Å². The number of rotatable bonds is 6. The van der Waals surface area contributed by atoms with E-state index < -0.39 is 11.4 Å². The second kappa shape index (κ2) is 13.0. The first-order chi connectivity index (χ1) is 22.8. The van der Waals surface area contributed by atoms with Crippen molar-refractivity contribution in [3.63, 3.8) is 0 Å². The molecule has 2 aliphatic rings. The lowest BCUT2D eigenvalue weighted by Crippen LogP contribution is -2.29. The molecule has 0 aromatic heterocycles. The van der Waals surface area contributed by atoms with Crippen LogP contribution in [0.4, 0.5) is 0 Å². The summed E-state index contributed by atoms with van der Waals surface area (Å²) in [6.45, 7) is 0. The van der Waals surface area contributed by atoms with Crippen molar-refractivity contribution in [1.82, 2.24) is 11.0 Å². The van der Waals surface area contributed by atoms with E-state index in [1.165, 1.54) is 0 Å². The van der Waals surface area contributed by atoms with Crippen molar-refractivity contribution in [3.8, 4) is 0 Å². The van der Waals surface area contributed by atoms with E-state index in [1.807, 2.05) is 182 Å². The predicted molar refractivity (Wildman–Crippen MR) is 182 cm³/mol. The minimum atomic E-state index is -0.867. The lowest BCUT2D eigenvalue weighted by molar-refractivity contribution is -0.0287. The maximum atomic E-state index is 6.03. The van der Waals surface area contributed by atoms with Gasteiger partial charge in [-0.05, 0) is 0 Å². The summed E-state index contributed by atoms with van der Waals surface area (Å²) in [4.78, 5) is 21.9. The molecule has 2 N–H and O–H groups in total. The highest BCUT2D eigenvalue weighted by Gasteiger charge is 2.42. The SMILES string of the molecule is c1ccc(C2=NC(c3ccccc3)(c3ccccc3)ON2)cc1.c1ccc(C2=NC(c3ccccc3)(c3ccccc3)ON2)cc1. The molecule has 0 spiro atoms. The largest absolute Gasteiger partial charge is 0.245 e. The van der Waals surface area contributed by atoms with E-state index in [1.54, 1.807) is 0 Å². The number of amidine groups is 2. The number of hydrogen-bond donors (Lipinski definition) is 2. The molecular formula is C40H32N4O2. The van der Waals surface area contributed by atoms with Crippen molar-refractivity contribution in [3.05, 3.63) is 215 Å². The van der Waals surface area contributed by atoms with Gasteiger partial charge in [-0.1, -0.05) is 182 Å². The smallest absolute Gasteiger partial charge is 0.238 e. The van der Waals surface area contributed by atoms with E-state index in [-0.39, 0.29) is 0 Å². The second-order valence-electron chi connectivity index (χ2n) is 10.8. The Morgan fingerprint density at radius 2 is 0.565 bits per heavy atom. The van der Waals surface area contributed by atoms with Crippen LogP contribution >= 0.6 is 0 Å². The Hall–Kier alpha value is -5.82. The van der Waals surface area contributed by atoms with Gasteiger partial charge >= 0.3 is 0 Å². The Morgan fingerprint density at radius 3 is 0.826 bits per heavy atom. The third-order valence-corrected chi connectivity index (χ3v) is 7.88. The fraction of sp³-hybridized carbons (Fsp3) is 0.0500. The van der Waals surface area contributed by atoms with Gasteiger partial charge in [-0.2, -0.15) is 0 Å². The molecule has 6 nitrogen and oxygen atoms in total. The van der Waals surface area contributed by atoms with Gasteiger partial charge in [0.1, 0.15) is 0 Å². The van der Waals surface area contributed by atoms with Crippen LogP contribution in [0.15, 0.2) is 192 Å². The summed E-state index contributed by atoms with van der Waals surface area (Å²) in [6, 6.07) is 60.2. The zero-order valence-electron chi connectivity index (χ0n) is 25.0. The molecule has 8 rings (SSSR count). The number of benzene rings is 6. The predicted octanol–water partition coefficient (Wildman–Crippen LogP) is 7.74. The number of nitrogens with zero attached hydrogens (tertiary/aromatic N) is 2. The third kappa shape index (κ3) is 5.71. The van der Waals surface area contributed by atoms with Gasteiger partial charge in [0.05, 0.1) is 0 Å². The summed E-state index contributed by atoms with van der Waals surface area (Å²) in [5, 5.41) is 0. The molecule has 6 aromatic carbocycles. The Bertz CT molecular complexity index is 1690. The van der Waals surface area contributed by atoms with Gasteiger partial charge in [0, 0.05) is 33.4 Å². The first kappa shape index (κ1) is 28.9. The molecule has 2 aliphatic heterocycles. The normalized spacial score (nSPS) is 15.7.